The number of nitrogens with zero attached hydrogens (tertiary/aromatic N) is 2. The Kier molecular flexibility index (Phi) is 6.43. The van der Waals surface area contributed by atoms with Gasteiger partial charge >= 0.3 is 5.97 Å². The van der Waals surface area contributed by atoms with Gasteiger partial charge in [-0.05, 0) is 31.8 Å². The number of hydrogen-bond donors (Lipinski definition) is 2. The average Bonchev–Trinajstić information content (AvgIpc) is 2.99. The summed E-state index contributed by atoms with van der Waals surface area (Å²) in [5.74, 6) is -0.372. The number of carbonyl (C=O) groups excluding carboxylic acids is 1. The third-order valence-electron chi connectivity index (χ3n) is 4.53. The van der Waals surface area contributed by atoms with Crippen LogP contribution in [0.2, 0.25) is 0 Å². The van der Waals surface area contributed by atoms with Gasteiger partial charge in [0.25, 0.3) is 0 Å². The van der Waals surface area contributed by atoms with Crippen molar-refractivity contribution < 1.29 is 9.53 Å². The molecular weight excluding hydrogens is 380 g/mol. The van der Waals surface area contributed by atoms with Gasteiger partial charge in [0.15, 0.2) is 5.11 Å². The molecule has 0 unspecified atom stereocenters. The largest absolute Gasteiger partial charge is 0.465 e. The predicted octanol–water partition coefficient (Wildman–Crippen LogP) is 2.96. The number of carbonyl (C=O) groups is 1. The van der Waals surface area contributed by atoms with Gasteiger partial charge in [-0.15, -0.1) is 11.3 Å². The minimum atomic E-state index is -0.372. The van der Waals surface area contributed by atoms with E-state index in [4.69, 9.17) is 17.0 Å². The van der Waals surface area contributed by atoms with Gasteiger partial charge in [-0.2, -0.15) is 0 Å². The average molecular weight is 405 g/mol. The van der Waals surface area contributed by atoms with Crippen LogP contribution in [0, 0.1) is 6.92 Å². The van der Waals surface area contributed by atoms with Crippen LogP contribution >= 0.6 is 23.6 Å². The second-order valence-corrected chi connectivity index (χ2v) is 8.08. The smallest absolute Gasteiger partial charge is 0.341 e. The normalized spacial score (nSPS) is 15.4. The Bertz CT molecular complexity index is 815. The van der Waals surface area contributed by atoms with E-state index in [0.29, 0.717) is 15.7 Å². The lowest BCUT2D eigenvalue weighted by Gasteiger charge is -2.33. The molecular formula is C19H24N4O2S2. The van der Waals surface area contributed by atoms with Gasteiger partial charge in [0.2, 0.25) is 0 Å². The first-order valence-electron chi connectivity index (χ1n) is 8.78. The number of piperazine rings is 1. The monoisotopic (exact) mass is 404 g/mol. The first-order chi connectivity index (χ1) is 13.0. The molecule has 1 aliphatic rings. The summed E-state index contributed by atoms with van der Waals surface area (Å²) in [5.41, 5.74) is 5.61. The zero-order chi connectivity index (χ0) is 19.4. The zero-order valence-corrected chi connectivity index (χ0v) is 17.4. The van der Waals surface area contributed by atoms with Crippen LogP contribution in [0.15, 0.2) is 30.3 Å². The van der Waals surface area contributed by atoms with Crippen molar-refractivity contribution in [1.29, 1.82) is 0 Å². The molecule has 144 valence electrons. The third-order valence-corrected chi connectivity index (χ3v) is 5.74. The number of thiophene rings is 1. The molecule has 0 radical (unpaired) electrons. The van der Waals surface area contributed by atoms with Crippen LogP contribution in [0.1, 0.15) is 15.2 Å². The number of likely N-dealkylation sites (N-methyl/N-ethyl adjacent to an activating group) is 1. The third kappa shape index (κ3) is 4.65. The quantitative estimate of drug-likeness (QED) is 0.600. The van der Waals surface area contributed by atoms with Crippen molar-refractivity contribution in [2.45, 2.75) is 6.92 Å². The van der Waals surface area contributed by atoms with Crippen molar-refractivity contribution in [2.75, 3.05) is 45.7 Å². The minimum Gasteiger partial charge on any atom is -0.465 e. The summed E-state index contributed by atoms with van der Waals surface area (Å²) in [7, 11) is 3.50. The summed E-state index contributed by atoms with van der Waals surface area (Å²) in [5, 5.41) is 6.46. The van der Waals surface area contributed by atoms with E-state index in [1.807, 2.05) is 37.3 Å². The first kappa shape index (κ1) is 19.8. The van der Waals surface area contributed by atoms with E-state index in [9.17, 15) is 4.79 Å². The molecule has 1 aromatic carbocycles. The molecule has 2 aromatic rings. The van der Waals surface area contributed by atoms with E-state index in [1.165, 1.54) is 18.4 Å². The molecule has 0 saturated carbocycles. The van der Waals surface area contributed by atoms with Crippen molar-refractivity contribution in [2.24, 2.45) is 0 Å². The molecule has 0 amide bonds. The molecule has 2 heterocycles. The molecule has 2 N–H and O–H groups in total. The fraction of sp³-hybridized carbons (Fsp3) is 0.368. The van der Waals surface area contributed by atoms with Crippen molar-refractivity contribution in [3.05, 3.63) is 40.8 Å². The zero-order valence-electron chi connectivity index (χ0n) is 15.7. The lowest BCUT2D eigenvalue weighted by Crippen LogP contribution is -2.53. The highest BCUT2D eigenvalue weighted by molar-refractivity contribution is 7.80. The maximum atomic E-state index is 12.5. The molecule has 0 atom stereocenters. The van der Waals surface area contributed by atoms with E-state index >= 15 is 0 Å². The number of nitrogens with one attached hydrogen (secondary N) is 2. The van der Waals surface area contributed by atoms with Gasteiger partial charge < -0.3 is 15.0 Å². The number of rotatable bonds is 4. The molecule has 1 aliphatic heterocycles. The Labute approximate surface area is 169 Å². The van der Waals surface area contributed by atoms with Crippen LogP contribution < -0.4 is 10.7 Å². The summed E-state index contributed by atoms with van der Waals surface area (Å²) in [6.45, 7) is 5.75. The Morgan fingerprint density at radius 2 is 1.85 bits per heavy atom. The highest BCUT2D eigenvalue weighted by Crippen LogP contribution is 2.40. The van der Waals surface area contributed by atoms with Gasteiger partial charge in [0.05, 0.1) is 7.11 Å². The second kappa shape index (κ2) is 8.79. The molecule has 6 nitrogen and oxygen atoms in total. The standard InChI is InChI=1S/C19H24N4O2S2/c1-13-15(14-7-5-4-6-8-14)16(18(24)25-3)17(27-13)20-19(26)21-23-11-9-22(2)10-12-23/h4-8H,9-12H2,1-3H3,(H2,20,21,26). The van der Waals surface area contributed by atoms with Gasteiger partial charge in [-0.25, -0.2) is 9.80 Å². The number of anilines is 1. The van der Waals surface area contributed by atoms with Crippen molar-refractivity contribution in [3.8, 4) is 11.1 Å². The van der Waals surface area contributed by atoms with Crippen LogP contribution in [-0.2, 0) is 4.74 Å². The fourth-order valence-corrected chi connectivity index (χ4v) is 4.44. The van der Waals surface area contributed by atoms with Crippen LogP contribution in [0.5, 0.6) is 0 Å². The minimum absolute atomic E-state index is 0.372. The van der Waals surface area contributed by atoms with Crippen LogP contribution in [0.3, 0.4) is 0 Å². The maximum Gasteiger partial charge on any atom is 0.341 e. The molecule has 0 spiro atoms. The summed E-state index contributed by atoms with van der Waals surface area (Å²) < 4.78 is 5.04. The summed E-state index contributed by atoms with van der Waals surface area (Å²) in [6, 6.07) is 9.86. The molecule has 27 heavy (non-hydrogen) atoms. The number of hydrogen-bond acceptors (Lipinski definition) is 6. The highest BCUT2D eigenvalue weighted by atomic mass is 32.1. The van der Waals surface area contributed by atoms with Crippen LogP contribution in [0.4, 0.5) is 5.00 Å². The molecule has 1 aromatic heterocycles. The Balaban J connectivity index is 1.83. The van der Waals surface area contributed by atoms with E-state index in [-0.39, 0.29) is 5.97 Å². The number of hydrazine groups is 1. The molecule has 0 bridgehead atoms. The number of aryl methyl sites for hydroxylation is 1. The summed E-state index contributed by atoms with van der Waals surface area (Å²) >= 11 is 6.98. The molecule has 1 fully saturated rings. The Morgan fingerprint density at radius 1 is 1.19 bits per heavy atom. The summed E-state index contributed by atoms with van der Waals surface area (Å²) in [4.78, 5) is 15.8. The number of thiocarbonyl (C=S) groups is 1. The molecule has 8 heteroatoms. The Morgan fingerprint density at radius 3 is 2.48 bits per heavy atom. The number of ether oxygens (including phenoxy) is 1. The van der Waals surface area contributed by atoms with Crippen LogP contribution in [0.25, 0.3) is 11.1 Å². The first-order valence-corrected chi connectivity index (χ1v) is 10.0. The topological polar surface area (TPSA) is 56.8 Å². The SMILES string of the molecule is COC(=O)c1c(NC(=S)NN2CCN(C)CC2)sc(C)c1-c1ccccc1. The van der Waals surface area contributed by atoms with Crippen molar-refractivity contribution >= 4 is 39.6 Å². The summed E-state index contributed by atoms with van der Waals surface area (Å²) in [6.07, 6.45) is 0. The lowest BCUT2D eigenvalue weighted by atomic mass is 10.0. The van der Waals surface area contributed by atoms with Crippen LogP contribution in [-0.4, -0.2) is 61.3 Å². The molecule has 3 rings (SSSR count). The maximum absolute atomic E-state index is 12.5. The van der Waals surface area contributed by atoms with Gasteiger partial charge in [0, 0.05) is 36.6 Å². The Hall–Kier alpha value is -2.00. The van der Waals surface area contributed by atoms with Gasteiger partial charge in [0.1, 0.15) is 10.6 Å². The van der Waals surface area contributed by atoms with E-state index in [0.717, 1.165) is 42.2 Å². The predicted molar refractivity (Wildman–Crippen MR) is 114 cm³/mol. The molecule has 0 aliphatic carbocycles. The number of methoxy groups -OCH3 is 1. The van der Waals surface area contributed by atoms with Crippen molar-refractivity contribution in [1.82, 2.24) is 15.3 Å². The van der Waals surface area contributed by atoms with E-state index in [1.54, 1.807) is 0 Å². The lowest BCUT2D eigenvalue weighted by molar-refractivity contribution is 0.0603. The fourth-order valence-electron chi connectivity index (χ4n) is 3.07. The molecule has 1 saturated heterocycles. The number of benzene rings is 1. The number of esters is 1. The van der Waals surface area contributed by atoms with E-state index < -0.39 is 0 Å². The van der Waals surface area contributed by atoms with Crippen molar-refractivity contribution in [3.63, 3.8) is 0 Å². The second-order valence-electron chi connectivity index (χ2n) is 6.45. The van der Waals surface area contributed by atoms with Gasteiger partial charge in [-0.1, -0.05) is 30.3 Å². The highest BCUT2D eigenvalue weighted by Gasteiger charge is 2.25. The van der Waals surface area contributed by atoms with Gasteiger partial charge in [-0.3, -0.25) is 5.43 Å². The van der Waals surface area contributed by atoms with E-state index in [2.05, 4.69) is 27.7 Å².